The third-order valence-electron chi connectivity index (χ3n) is 4.34. The molecule has 3 nitrogen and oxygen atoms in total. The summed E-state index contributed by atoms with van der Waals surface area (Å²) in [7, 11) is 0. The molecule has 0 bridgehead atoms. The van der Waals surface area contributed by atoms with Crippen molar-refractivity contribution in [3.8, 4) is 16.9 Å². The zero-order valence-corrected chi connectivity index (χ0v) is 14.7. The molecule has 0 saturated heterocycles. The van der Waals surface area contributed by atoms with E-state index in [4.69, 9.17) is 0 Å². The van der Waals surface area contributed by atoms with E-state index in [1.54, 1.807) is 36.4 Å². The molecule has 2 aromatic carbocycles. The largest absolute Gasteiger partial charge is 0.508 e. The van der Waals surface area contributed by atoms with Crippen LogP contribution >= 0.6 is 0 Å². The molecule has 0 saturated carbocycles. The van der Waals surface area contributed by atoms with Crippen LogP contribution in [0, 0.1) is 11.9 Å². The summed E-state index contributed by atoms with van der Waals surface area (Å²) < 4.78 is 26.6. The van der Waals surface area contributed by atoms with Crippen LogP contribution in [0.25, 0.3) is 11.1 Å². The van der Waals surface area contributed by atoms with Crippen LogP contribution in [-0.2, 0) is 17.6 Å². The number of benzene rings is 2. The number of aromatic hydroxyl groups is 1. The number of hydrogen-bond acceptors (Lipinski definition) is 3. The smallest absolute Gasteiger partial charge is 0.223 e. The highest BCUT2D eigenvalue weighted by Crippen LogP contribution is 2.22. The van der Waals surface area contributed by atoms with Gasteiger partial charge in [0.25, 0.3) is 0 Å². The molecule has 1 aromatic heterocycles. The number of carbonyl (C=O) groups is 1. The average Bonchev–Trinajstić information content (AvgIpc) is 2.64. The highest BCUT2D eigenvalue weighted by molar-refractivity contribution is 5.80. The fourth-order valence-electron chi connectivity index (χ4n) is 2.90. The van der Waals surface area contributed by atoms with E-state index in [0.717, 1.165) is 30.0 Å². The lowest BCUT2D eigenvalue weighted by atomic mass is 10.0. The van der Waals surface area contributed by atoms with Crippen molar-refractivity contribution >= 4 is 5.78 Å². The molecule has 0 aliphatic heterocycles. The number of aryl methyl sites for hydroxylation is 1. The SMILES string of the molecule is O=C(CCCc1ccc(-c2ccc(F)nc2F)cc1)Cc1ccc(O)cc1. The summed E-state index contributed by atoms with van der Waals surface area (Å²) in [5, 5.41) is 9.25. The molecule has 27 heavy (non-hydrogen) atoms. The van der Waals surface area contributed by atoms with E-state index in [1.807, 2.05) is 12.1 Å². The minimum atomic E-state index is -0.843. The van der Waals surface area contributed by atoms with Crippen LogP contribution in [-0.4, -0.2) is 15.9 Å². The first-order valence-electron chi connectivity index (χ1n) is 8.72. The quantitative estimate of drug-likeness (QED) is 0.606. The molecular formula is C22H19F2NO2. The van der Waals surface area contributed by atoms with E-state index >= 15 is 0 Å². The van der Waals surface area contributed by atoms with Crippen molar-refractivity contribution in [2.45, 2.75) is 25.7 Å². The number of pyridine rings is 1. The number of ketones is 1. The van der Waals surface area contributed by atoms with E-state index < -0.39 is 11.9 Å². The average molecular weight is 367 g/mol. The maximum absolute atomic E-state index is 13.7. The van der Waals surface area contributed by atoms with Crippen molar-refractivity contribution in [3.05, 3.63) is 83.7 Å². The number of aromatic nitrogens is 1. The Balaban J connectivity index is 1.51. The third kappa shape index (κ3) is 5.20. The molecular weight excluding hydrogens is 348 g/mol. The molecule has 5 heteroatoms. The van der Waals surface area contributed by atoms with Gasteiger partial charge in [-0.2, -0.15) is 13.8 Å². The number of rotatable bonds is 7. The van der Waals surface area contributed by atoms with Gasteiger partial charge in [0.1, 0.15) is 11.5 Å². The lowest BCUT2D eigenvalue weighted by molar-refractivity contribution is -0.118. The molecule has 1 heterocycles. The Labute approximate surface area is 156 Å². The summed E-state index contributed by atoms with van der Waals surface area (Å²) in [6.07, 6.45) is 2.30. The van der Waals surface area contributed by atoms with Gasteiger partial charge < -0.3 is 5.11 Å². The molecule has 0 spiro atoms. The van der Waals surface area contributed by atoms with Crippen LogP contribution in [0.5, 0.6) is 5.75 Å². The maximum atomic E-state index is 13.7. The number of phenolic OH excluding ortho intramolecular Hbond substituents is 1. The minimum absolute atomic E-state index is 0.150. The van der Waals surface area contributed by atoms with Gasteiger partial charge >= 0.3 is 0 Å². The standard InChI is InChI=1S/C22H19F2NO2/c23-21-13-12-20(22(24)25-21)17-8-4-15(5-9-17)2-1-3-19(27)14-16-6-10-18(26)11-7-16/h4-13,26H,1-3,14H2. The summed E-state index contributed by atoms with van der Waals surface area (Å²) in [4.78, 5) is 15.2. The number of halogens is 2. The normalized spacial score (nSPS) is 10.7. The first-order valence-corrected chi connectivity index (χ1v) is 8.72. The lowest BCUT2D eigenvalue weighted by Crippen LogP contribution is -2.03. The highest BCUT2D eigenvalue weighted by Gasteiger charge is 2.08. The fraction of sp³-hybridized carbons (Fsp3) is 0.182. The Morgan fingerprint density at radius 3 is 2.22 bits per heavy atom. The van der Waals surface area contributed by atoms with Crippen molar-refractivity contribution in [1.29, 1.82) is 0 Å². The number of nitrogens with zero attached hydrogens (tertiary/aromatic N) is 1. The van der Waals surface area contributed by atoms with Crippen molar-refractivity contribution in [3.63, 3.8) is 0 Å². The second-order valence-electron chi connectivity index (χ2n) is 6.40. The third-order valence-corrected chi connectivity index (χ3v) is 4.34. The van der Waals surface area contributed by atoms with Gasteiger partial charge in [-0.05, 0) is 53.8 Å². The molecule has 3 aromatic rings. The van der Waals surface area contributed by atoms with E-state index in [1.165, 1.54) is 6.07 Å². The molecule has 0 atom stereocenters. The predicted molar refractivity (Wildman–Crippen MR) is 99.3 cm³/mol. The lowest BCUT2D eigenvalue weighted by Gasteiger charge is -2.06. The first-order chi connectivity index (χ1) is 13.0. The fourth-order valence-corrected chi connectivity index (χ4v) is 2.90. The summed E-state index contributed by atoms with van der Waals surface area (Å²) in [5.74, 6) is -1.34. The van der Waals surface area contributed by atoms with Gasteiger partial charge in [-0.25, -0.2) is 0 Å². The van der Waals surface area contributed by atoms with Crippen LogP contribution in [0.1, 0.15) is 24.0 Å². The van der Waals surface area contributed by atoms with Gasteiger partial charge in [0.15, 0.2) is 0 Å². The molecule has 0 radical (unpaired) electrons. The molecule has 0 amide bonds. The number of Topliss-reactive ketones (excluding diaryl/α,β-unsaturated/α-hetero) is 1. The predicted octanol–water partition coefficient (Wildman–Crippen LogP) is 4.87. The minimum Gasteiger partial charge on any atom is -0.508 e. The van der Waals surface area contributed by atoms with Gasteiger partial charge in [-0.3, -0.25) is 4.79 Å². The zero-order chi connectivity index (χ0) is 19.2. The van der Waals surface area contributed by atoms with Gasteiger partial charge in [-0.15, -0.1) is 0 Å². The Hall–Kier alpha value is -3.08. The zero-order valence-electron chi connectivity index (χ0n) is 14.7. The highest BCUT2D eigenvalue weighted by atomic mass is 19.1. The van der Waals surface area contributed by atoms with Crippen LogP contribution in [0.3, 0.4) is 0 Å². The second kappa shape index (κ2) is 8.54. The van der Waals surface area contributed by atoms with Crippen LogP contribution in [0.15, 0.2) is 60.7 Å². The monoisotopic (exact) mass is 367 g/mol. The molecule has 0 fully saturated rings. The number of hydrogen-bond donors (Lipinski definition) is 1. The molecule has 3 rings (SSSR count). The van der Waals surface area contributed by atoms with Gasteiger partial charge in [0, 0.05) is 18.4 Å². The molecule has 0 unspecified atom stereocenters. The summed E-state index contributed by atoms with van der Waals surface area (Å²) >= 11 is 0. The Morgan fingerprint density at radius 1 is 0.889 bits per heavy atom. The van der Waals surface area contributed by atoms with Gasteiger partial charge in [0.2, 0.25) is 11.9 Å². The van der Waals surface area contributed by atoms with Crippen molar-refractivity contribution < 1.29 is 18.7 Å². The van der Waals surface area contributed by atoms with Crippen molar-refractivity contribution in [2.24, 2.45) is 0 Å². The molecule has 0 aliphatic rings. The van der Waals surface area contributed by atoms with Crippen LogP contribution in [0.2, 0.25) is 0 Å². The van der Waals surface area contributed by atoms with Crippen molar-refractivity contribution in [1.82, 2.24) is 4.98 Å². The Bertz CT molecular complexity index is 922. The van der Waals surface area contributed by atoms with E-state index in [9.17, 15) is 18.7 Å². The number of phenols is 1. The maximum Gasteiger partial charge on any atom is 0.223 e. The summed E-state index contributed by atoms with van der Waals surface area (Å²) in [6.45, 7) is 0. The number of carbonyl (C=O) groups excluding carboxylic acids is 1. The van der Waals surface area contributed by atoms with E-state index in [-0.39, 0.29) is 17.1 Å². The van der Waals surface area contributed by atoms with E-state index in [2.05, 4.69) is 4.98 Å². The summed E-state index contributed by atoms with van der Waals surface area (Å²) in [5.41, 5.74) is 2.82. The van der Waals surface area contributed by atoms with Gasteiger partial charge in [-0.1, -0.05) is 36.4 Å². The molecule has 0 aliphatic carbocycles. The van der Waals surface area contributed by atoms with Crippen LogP contribution < -0.4 is 0 Å². The Morgan fingerprint density at radius 2 is 1.56 bits per heavy atom. The van der Waals surface area contributed by atoms with E-state index in [0.29, 0.717) is 18.4 Å². The Kier molecular flexibility index (Phi) is 5.91. The van der Waals surface area contributed by atoms with Gasteiger partial charge in [0.05, 0.1) is 0 Å². The summed E-state index contributed by atoms with van der Waals surface area (Å²) in [6, 6.07) is 16.4. The molecule has 138 valence electrons. The van der Waals surface area contributed by atoms with Crippen LogP contribution in [0.4, 0.5) is 8.78 Å². The van der Waals surface area contributed by atoms with Crippen molar-refractivity contribution in [2.75, 3.05) is 0 Å². The first kappa shape index (κ1) is 18.7. The second-order valence-corrected chi connectivity index (χ2v) is 6.40. The molecule has 1 N–H and O–H groups in total. The topological polar surface area (TPSA) is 50.2 Å².